The van der Waals surface area contributed by atoms with E-state index in [-0.39, 0.29) is 0 Å². The Morgan fingerprint density at radius 1 is 1.45 bits per heavy atom. The van der Waals surface area contributed by atoms with Gasteiger partial charge in [-0.3, -0.25) is 4.74 Å². The highest BCUT2D eigenvalue weighted by Crippen LogP contribution is 2.13. The van der Waals surface area contributed by atoms with E-state index in [4.69, 9.17) is 23.2 Å². The molecule has 0 aromatic heterocycles. The van der Waals surface area contributed by atoms with Crippen molar-refractivity contribution >= 4 is 23.2 Å². The number of allylic oxidation sites excluding steroid dienone is 1. The van der Waals surface area contributed by atoms with E-state index in [2.05, 4.69) is 4.74 Å². The molecule has 0 fully saturated rings. The Morgan fingerprint density at radius 2 is 1.64 bits per heavy atom. The Bertz CT molecular complexity index is 117. The first kappa shape index (κ1) is 13.6. The third-order valence-corrected chi connectivity index (χ3v) is 0.930. The minimum atomic E-state index is -4.46. The lowest BCUT2D eigenvalue weighted by atomic mass is 10.8. The smallest absolute Gasteiger partial charge is 0.295 e. The summed E-state index contributed by atoms with van der Waals surface area (Å²) in [5, 5.41) is 0.617. The summed E-state index contributed by atoms with van der Waals surface area (Å²) in [5.74, 6) is 0. The van der Waals surface area contributed by atoms with E-state index in [0.717, 1.165) is 0 Å². The highest BCUT2D eigenvalue weighted by atomic mass is 35.5. The molecule has 0 saturated carbocycles. The van der Waals surface area contributed by atoms with E-state index in [9.17, 15) is 13.2 Å². The minimum absolute atomic E-state index is 0.583. The van der Waals surface area contributed by atoms with Crippen LogP contribution in [0.5, 0.6) is 0 Å². The zero-order chi connectivity index (χ0) is 9.49. The van der Waals surface area contributed by atoms with Crippen molar-refractivity contribution in [3.05, 3.63) is 10.6 Å². The molecular weight excluding hydrogens is 204 g/mol. The fourth-order valence-electron chi connectivity index (χ4n) is 0. The molecule has 0 spiro atoms. The Kier molecular flexibility index (Phi) is 8.39. The zero-order valence-corrected chi connectivity index (χ0v) is 7.39. The summed E-state index contributed by atoms with van der Waals surface area (Å²) in [4.78, 5) is 0. The van der Waals surface area contributed by atoms with Gasteiger partial charge in [0.05, 0.1) is 0 Å². The Labute approximate surface area is 72.7 Å². The average molecular weight is 211 g/mol. The maximum Gasteiger partial charge on any atom is 0.522 e. The van der Waals surface area contributed by atoms with Gasteiger partial charge in [0.1, 0.15) is 0 Å². The van der Waals surface area contributed by atoms with Crippen molar-refractivity contribution in [3.8, 4) is 0 Å². The first-order chi connectivity index (χ1) is 4.83. The highest BCUT2D eigenvalue weighted by Gasteiger charge is 2.25. The molecular formula is C5H7Cl2F3O. The fourth-order valence-corrected chi connectivity index (χ4v) is 0. The van der Waals surface area contributed by atoms with Gasteiger partial charge in [-0.15, -0.1) is 13.2 Å². The van der Waals surface area contributed by atoms with Gasteiger partial charge in [0, 0.05) is 17.7 Å². The maximum absolute atomic E-state index is 10.6. The molecule has 0 aromatic rings. The van der Waals surface area contributed by atoms with Crippen LogP contribution in [0, 0.1) is 0 Å². The van der Waals surface area contributed by atoms with Crippen LogP contribution in [0.2, 0.25) is 0 Å². The molecule has 11 heavy (non-hydrogen) atoms. The van der Waals surface area contributed by atoms with Crippen molar-refractivity contribution in [1.29, 1.82) is 0 Å². The molecule has 6 heteroatoms. The van der Waals surface area contributed by atoms with Crippen LogP contribution in [0.1, 0.15) is 6.92 Å². The molecule has 0 radical (unpaired) electrons. The van der Waals surface area contributed by atoms with Crippen LogP contribution in [0.4, 0.5) is 13.2 Å². The minimum Gasteiger partial charge on any atom is -0.295 e. The first-order valence-electron chi connectivity index (χ1n) is 2.38. The molecule has 0 amide bonds. The average Bonchev–Trinajstić information content (AvgIpc) is 1.88. The molecule has 0 aliphatic rings. The molecule has 0 atom stereocenters. The second-order valence-electron chi connectivity index (χ2n) is 1.35. The van der Waals surface area contributed by atoms with E-state index in [1.165, 1.54) is 5.54 Å². The van der Waals surface area contributed by atoms with E-state index in [1.807, 2.05) is 0 Å². The summed E-state index contributed by atoms with van der Waals surface area (Å²) in [6, 6.07) is 0. The van der Waals surface area contributed by atoms with Crippen LogP contribution in [0.3, 0.4) is 0 Å². The fraction of sp³-hybridized carbons (Fsp3) is 0.600. The third kappa shape index (κ3) is 25.5. The van der Waals surface area contributed by atoms with Crippen molar-refractivity contribution in [1.82, 2.24) is 0 Å². The summed E-state index contributed by atoms with van der Waals surface area (Å²) in [5.41, 5.74) is 1.32. The van der Waals surface area contributed by atoms with E-state index < -0.39 is 6.36 Å². The lowest BCUT2D eigenvalue weighted by Crippen LogP contribution is -2.08. The number of halogens is 5. The third-order valence-electron chi connectivity index (χ3n) is 0.382. The van der Waals surface area contributed by atoms with Crippen LogP contribution in [0.25, 0.3) is 0 Å². The van der Waals surface area contributed by atoms with Gasteiger partial charge < -0.3 is 0 Å². The number of alkyl halides is 3. The van der Waals surface area contributed by atoms with Gasteiger partial charge in [-0.2, -0.15) is 0 Å². The standard InChI is InChI=1S/C3H4Cl2.C2H3F3O/c1-3(5)2-4;1-6-2(3,4)5/h2H,1H3;1H3/b3-2+;. The summed E-state index contributed by atoms with van der Waals surface area (Å²) >= 11 is 10.2. The quantitative estimate of drug-likeness (QED) is 0.595. The van der Waals surface area contributed by atoms with Crippen LogP contribution in [-0.2, 0) is 4.74 Å². The summed E-state index contributed by atoms with van der Waals surface area (Å²) < 4.78 is 34.6. The van der Waals surface area contributed by atoms with Crippen LogP contribution >= 0.6 is 23.2 Å². The van der Waals surface area contributed by atoms with Gasteiger partial charge in [-0.25, -0.2) is 0 Å². The van der Waals surface area contributed by atoms with Gasteiger partial charge in [-0.1, -0.05) is 23.2 Å². The Morgan fingerprint density at radius 3 is 1.64 bits per heavy atom. The van der Waals surface area contributed by atoms with E-state index in [1.54, 1.807) is 6.92 Å². The molecule has 0 heterocycles. The van der Waals surface area contributed by atoms with Gasteiger partial charge in [0.15, 0.2) is 0 Å². The lowest BCUT2D eigenvalue weighted by molar-refractivity contribution is -0.311. The molecule has 0 rings (SSSR count). The summed E-state index contributed by atoms with van der Waals surface area (Å²) in [6.45, 7) is 1.72. The zero-order valence-electron chi connectivity index (χ0n) is 5.88. The predicted molar refractivity (Wildman–Crippen MR) is 38.5 cm³/mol. The largest absolute Gasteiger partial charge is 0.522 e. The number of hydrogen-bond donors (Lipinski definition) is 0. The van der Waals surface area contributed by atoms with E-state index >= 15 is 0 Å². The topological polar surface area (TPSA) is 9.23 Å². The molecule has 0 bridgehead atoms. The highest BCUT2D eigenvalue weighted by molar-refractivity contribution is 6.36. The molecule has 0 aromatic carbocycles. The molecule has 0 saturated heterocycles. The SMILES string of the molecule is C/C(Cl)=C\Cl.COC(F)(F)F. The summed E-state index contributed by atoms with van der Waals surface area (Å²) in [6.07, 6.45) is -4.46. The van der Waals surface area contributed by atoms with Crippen molar-refractivity contribution in [3.63, 3.8) is 0 Å². The van der Waals surface area contributed by atoms with Crippen LogP contribution < -0.4 is 0 Å². The monoisotopic (exact) mass is 210 g/mol. The second kappa shape index (κ2) is 6.76. The van der Waals surface area contributed by atoms with Gasteiger partial charge in [-0.05, 0) is 6.92 Å². The van der Waals surface area contributed by atoms with Crippen LogP contribution in [-0.4, -0.2) is 13.5 Å². The molecule has 68 valence electrons. The summed E-state index contributed by atoms with van der Waals surface area (Å²) in [7, 11) is 0.583. The van der Waals surface area contributed by atoms with E-state index in [0.29, 0.717) is 12.1 Å². The normalized spacial score (nSPS) is 12.1. The predicted octanol–water partition coefficient (Wildman–Crippen LogP) is 3.48. The second-order valence-corrected chi connectivity index (χ2v) is 2.16. The molecule has 0 N–H and O–H groups in total. The number of rotatable bonds is 0. The van der Waals surface area contributed by atoms with Gasteiger partial charge in [0.2, 0.25) is 0 Å². The van der Waals surface area contributed by atoms with Crippen molar-refractivity contribution in [2.45, 2.75) is 13.3 Å². The van der Waals surface area contributed by atoms with Crippen molar-refractivity contribution < 1.29 is 17.9 Å². The molecule has 0 aliphatic carbocycles. The molecule has 0 unspecified atom stereocenters. The Balaban J connectivity index is 0. The van der Waals surface area contributed by atoms with Crippen LogP contribution in [0.15, 0.2) is 10.6 Å². The number of ether oxygens (including phenoxy) is 1. The Hall–Kier alpha value is 0.0700. The number of methoxy groups -OCH3 is 1. The first-order valence-corrected chi connectivity index (χ1v) is 3.19. The van der Waals surface area contributed by atoms with Gasteiger partial charge in [0.25, 0.3) is 0 Å². The van der Waals surface area contributed by atoms with Gasteiger partial charge >= 0.3 is 6.36 Å². The number of hydrogen-bond acceptors (Lipinski definition) is 1. The lowest BCUT2D eigenvalue weighted by Gasteiger charge is -1.97. The molecule has 0 aliphatic heterocycles. The maximum atomic E-state index is 10.6. The molecule has 1 nitrogen and oxygen atoms in total. The van der Waals surface area contributed by atoms with Crippen molar-refractivity contribution in [2.24, 2.45) is 0 Å². The van der Waals surface area contributed by atoms with Crippen molar-refractivity contribution in [2.75, 3.05) is 7.11 Å².